The number of methoxy groups -OCH3 is 1. The summed E-state index contributed by atoms with van der Waals surface area (Å²) in [6.07, 6.45) is 7.28. The quantitative estimate of drug-likeness (QED) is 0.880. The highest BCUT2D eigenvalue weighted by Gasteiger charge is 2.19. The lowest BCUT2D eigenvalue weighted by Gasteiger charge is -2.16. The van der Waals surface area contributed by atoms with Crippen molar-refractivity contribution in [2.75, 3.05) is 7.11 Å². The molecule has 0 radical (unpaired) electrons. The molecule has 2 heterocycles. The molecule has 1 unspecified atom stereocenters. The summed E-state index contributed by atoms with van der Waals surface area (Å²) in [7, 11) is 1.63. The van der Waals surface area contributed by atoms with Gasteiger partial charge in [-0.1, -0.05) is 6.07 Å². The van der Waals surface area contributed by atoms with Crippen LogP contribution in [0.2, 0.25) is 0 Å². The van der Waals surface area contributed by atoms with Gasteiger partial charge in [-0.05, 0) is 43.0 Å². The molecule has 1 N–H and O–H groups in total. The molecule has 0 spiro atoms. The van der Waals surface area contributed by atoms with Gasteiger partial charge in [0.1, 0.15) is 0 Å². The number of pyridine rings is 2. The third kappa shape index (κ3) is 3.93. The van der Waals surface area contributed by atoms with E-state index in [1.165, 1.54) is 5.56 Å². The summed E-state index contributed by atoms with van der Waals surface area (Å²) in [5.41, 5.74) is 3.80. The van der Waals surface area contributed by atoms with Gasteiger partial charge in [-0.15, -0.1) is 0 Å². The monoisotopic (exact) mass is 311 g/mol. The lowest BCUT2D eigenvalue weighted by atomic mass is 10.1. The maximum Gasteiger partial charge on any atom is 0.253 e. The molecule has 2 aromatic rings. The minimum absolute atomic E-state index is 0.0779. The number of aromatic nitrogens is 2. The Bertz CT molecular complexity index is 670. The first-order chi connectivity index (χ1) is 11.3. The molecule has 0 aliphatic heterocycles. The van der Waals surface area contributed by atoms with Crippen LogP contribution in [0.25, 0.3) is 0 Å². The van der Waals surface area contributed by atoms with Crippen LogP contribution in [0.1, 0.15) is 40.2 Å². The van der Waals surface area contributed by atoms with E-state index in [1.54, 1.807) is 19.4 Å². The van der Waals surface area contributed by atoms with E-state index in [9.17, 15) is 4.79 Å². The zero-order valence-corrected chi connectivity index (χ0v) is 13.3. The molecule has 1 atom stereocenters. The normalized spacial score (nSPS) is 17.2. The topological polar surface area (TPSA) is 64.1 Å². The van der Waals surface area contributed by atoms with Crippen molar-refractivity contribution >= 4 is 5.91 Å². The number of hydrogen-bond donors (Lipinski definition) is 1. The number of amides is 1. The van der Waals surface area contributed by atoms with Crippen LogP contribution in [0.5, 0.6) is 0 Å². The van der Waals surface area contributed by atoms with Gasteiger partial charge in [0.15, 0.2) is 0 Å². The third-order valence-corrected chi connectivity index (χ3v) is 4.14. The largest absolute Gasteiger partial charge is 0.378 e. The molecular weight excluding hydrogens is 290 g/mol. The summed E-state index contributed by atoms with van der Waals surface area (Å²) in [4.78, 5) is 21.1. The van der Waals surface area contributed by atoms with Crippen molar-refractivity contribution in [1.29, 1.82) is 0 Å². The number of carbonyl (C=O) groups excluding carboxylic acids is 1. The van der Waals surface area contributed by atoms with Crippen LogP contribution in [0.4, 0.5) is 0 Å². The first-order valence-corrected chi connectivity index (χ1v) is 7.94. The summed E-state index contributed by atoms with van der Waals surface area (Å²) in [6.45, 7) is 0.451. The summed E-state index contributed by atoms with van der Waals surface area (Å²) >= 11 is 0. The maximum atomic E-state index is 12.4. The molecule has 0 bridgehead atoms. The SMILES string of the molecule is COCc1ccc(C(=O)NC2CCCc3cccnc3C2)cn1. The van der Waals surface area contributed by atoms with E-state index >= 15 is 0 Å². The molecule has 1 amide bonds. The third-order valence-electron chi connectivity index (χ3n) is 4.14. The number of aryl methyl sites for hydroxylation is 1. The van der Waals surface area contributed by atoms with E-state index in [2.05, 4.69) is 21.4 Å². The molecule has 0 saturated carbocycles. The highest BCUT2D eigenvalue weighted by Crippen LogP contribution is 2.19. The van der Waals surface area contributed by atoms with Crippen molar-refractivity contribution in [3.63, 3.8) is 0 Å². The number of nitrogens with one attached hydrogen (secondary N) is 1. The van der Waals surface area contributed by atoms with Gasteiger partial charge in [0.05, 0.1) is 17.9 Å². The van der Waals surface area contributed by atoms with Crippen LogP contribution in [-0.2, 0) is 24.2 Å². The second-order valence-electron chi connectivity index (χ2n) is 5.85. The van der Waals surface area contributed by atoms with Crippen molar-refractivity contribution in [3.8, 4) is 0 Å². The molecule has 3 rings (SSSR count). The van der Waals surface area contributed by atoms with Crippen molar-refractivity contribution in [3.05, 3.63) is 59.2 Å². The van der Waals surface area contributed by atoms with Gasteiger partial charge in [0, 0.05) is 37.7 Å². The molecule has 2 aromatic heterocycles. The first-order valence-electron chi connectivity index (χ1n) is 7.94. The Morgan fingerprint density at radius 2 is 2.26 bits per heavy atom. The average Bonchev–Trinajstić information content (AvgIpc) is 2.77. The van der Waals surface area contributed by atoms with Gasteiger partial charge in [0.2, 0.25) is 0 Å². The fourth-order valence-corrected chi connectivity index (χ4v) is 2.94. The van der Waals surface area contributed by atoms with Crippen LogP contribution < -0.4 is 5.32 Å². The molecule has 5 nitrogen and oxygen atoms in total. The second-order valence-corrected chi connectivity index (χ2v) is 5.85. The van der Waals surface area contributed by atoms with E-state index in [0.717, 1.165) is 37.1 Å². The highest BCUT2D eigenvalue weighted by atomic mass is 16.5. The van der Waals surface area contributed by atoms with Crippen LogP contribution in [0.3, 0.4) is 0 Å². The van der Waals surface area contributed by atoms with Gasteiger partial charge in [-0.25, -0.2) is 0 Å². The Morgan fingerprint density at radius 1 is 1.35 bits per heavy atom. The van der Waals surface area contributed by atoms with Crippen LogP contribution >= 0.6 is 0 Å². The summed E-state index contributed by atoms with van der Waals surface area (Å²) in [6, 6.07) is 7.84. The molecular formula is C18H21N3O2. The second kappa shape index (κ2) is 7.33. The number of hydrogen-bond acceptors (Lipinski definition) is 4. The van der Waals surface area contributed by atoms with E-state index in [4.69, 9.17) is 4.74 Å². The fraction of sp³-hybridized carbons (Fsp3) is 0.389. The van der Waals surface area contributed by atoms with Gasteiger partial charge in [-0.2, -0.15) is 0 Å². The lowest BCUT2D eigenvalue weighted by molar-refractivity contribution is 0.0934. The molecule has 0 aromatic carbocycles. The molecule has 23 heavy (non-hydrogen) atoms. The van der Waals surface area contributed by atoms with Gasteiger partial charge in [0.25, 0.3) is 5.91 Å². The average molecular weight is 311 g/mol. The van der Waals surface area contributed by atoms with Crippen LogP contribution in [-0.4, -0.2) is 29.0 Å². The van der Waals surface area contributed by atoms with Crippen molar-refractivity contribution in [1.82, 2.24) is 15.3 Å². The van der Waals surface area contributed by atoms with Gasteiger partial charge < -0.3 is 10.1 Å². The van der Waals surface area contributed by atoms with E-state index < -0.39 is 0 Å². The minimum atomic E-state index is -0.0779. The van der Waals surface area contributed by atoms with Crippen molar-refractivity contribution < 1.29 is 9.53 Å². The predicted octanol–water partition coefficient (Wildman–Crippen LogP) is 2.30. The van der Waals surface area contributed by atoms with Crippen LogP contribution in [0.15, 0.2) is 36.7 Å². The summed E-state index contributed by atoms with van der Waals surface area (Å²) < 4.78 is 5.03. The smallest absolute Gasteiger partial charge is 0.253 e. The molecule has 0 saturated heterocycles. The molecule has 120 valence electrons. The zero-order valence-electron chi connectivity index (χ0n) is 13.3. The van der Waals surface area contributed by atoms with Crippen molar-refractivity contribution in [2.45, 2.75) is 38.3 Å². The first kappa shape index (κ1) is 15.6. The zero-order chi connectivity index (χ0) is 16.1. The van der Waals surface area contributed by atoms with Gasteiger partial charge >= 0.3 is 0 Å². The molecule has 5 heteroatoms. The molecule has 0 fully saturated rings. The Balaban J connectivity index is 1.65. The van der Waals surface area contributed by atoms with E-state index in [-0.39, 0.29) is 11.9 Å². The highest BCUT2D eigenvalue weighted by molar-refractivity contribution is 5.94. The van der Waals surface area contributed by atoms with E-state index in [0.29, 0.717) is 12.2 Å². The Kier molecular flexibility index (Phi) is 4.98. The Morgan fingerprint density at radius 3 is 3.04 bits per heavy atom. The fourth-order valence-electron chi connectivity index (χ4n) is 2.94. The molecule has 1 aliphatic rings. The number of fused-ring (bicyclic) bond motifs is 1. The molecule has 1 aliphatic carbocycles. The van der Waals surface area contributed by atoms with Crippen LogP contribution in [0, 0.1) is 0 Å². The Hall–Kier alpha value is -2.27. The minimum Gasteiger partial charge on any atom is -0.378 e. The number of ether oxygens (including phenoxy) is 1. The van der Waals surface area contributed by atoms with Crippen molar-refractivity contribution in [2.24, 2.45) is 0 Å². The number of nitrogens with zero attached hydrogens (tertiary/aromatic N) is 2. The lowest BCUT2D eigenvalue weighted by Crippen LogP contribution is -2.36. The number of rotatable bonds is 4. The van der Waals surface area contributed by atoms with Gasteiger partial charge in [-0.3, -0.25) is 14.8 Å². The summed E-state index contributed by atoms with van der Waals surface area (Å²) in [5, 5.41) is 3.12. The van der Waals surface area contributed by atoms with E-state index in [1.807, 2.05) is 18.3 Å². The maximum absolute atomic E-state index is 12.4. The standard InChI is InChI=1S/C18H21N3O2/c1-23-12-16-8-7-14(11-20-16)18(22)21-15-6-2-4-13-5-3-9-19-17(13)10-15/h3,5,7-9,11,15H,2,4,6,10,12H2,1H3,(H,21,22). The predicted molar refractivity (Wildman–Crippen MR) is 87.1 cm³/mol. The Labute approximate surface area is 136 Å². The number of carbonyl (C=O) groups is 1. The summed E-state index contributed by atoms with van der Waals surface area (Å²) in [5.74, 6) is -0.0779.